The van der Waals surface area contributed by atoms with Crippen LogP contribution < -0.4 is 4.90 Å². The zero-order valence-electron chi connectivity index (χ0n) is 7.98. The molecule has 1 heterocycles. The molecule has 0 aliphatic carbocycles. The third kappa shape index (κ3) is 3.04. The molecule has 1 aliphatic heterocycles. The Morgan fingerprint density at radius 1 is 1.00 bits per heavy atom. The molecular weight excluding hydrogens is 178 g/mol. The van der Waals surface area contributed by atoms with Crippen molar-refractivity contribution >= 4 is 11.8 Å². The van der Waals surface area contributed by atoms with Gasteiger partial charge in [0.25, 0.3) is 0 Å². The van der Waals surface area contributed by atoms with Gasteiger partial charge in [-0.1, -0.05) is 18.2 Å². The Morgan fingerprint density at radius 2 is 1.50 bits per heavy atom. The molecular formula is C11H13NO2. The van der Waals surface area contributed by atoms with Crippen molar-refractivity contribution in [2.75, 3.05) is 18.0 Å². The van der Waals surface area contributed by atoms with Gasteiger partial charge in [-0.2, -0.15) is 9.59 Å². The number of hydrogen-bond donors (Lipinski definition) is 0. The van der Waals surface area contributed by atoms with E-state index >= 15 is 0 Å². The van der Waals surface area contributed by atoms with Crippen LogP contribution in [0.25, 0.3) is 0 Å². The average molecular weight is 191 g/mol. The molecule has 1 aliphatic rings. The van der Waals surface area contributed by atoms with Crippen LogP contribution in [-0.2, 0) is 9.59 Å². The highest BCUT2D eigenvalue weighted by atomic mass is 16.2. The van der Waals surface area contributed by atoms with Crippen LogP contribution in [0, 0.1) is 0 Å². The summed E-state index contributed by atoms with van der Waals surface area (Å²) in [6.45, 7) is 2.48. The predicted molar refractivity (Wildman–Crippen MR) is 52.9 cm³/mol. The molecule has 0 amide bonds. The maximum Gasteiger partial charge on any atom is 0.373 e. The van der Waals surface area contributed by atoms with Crippen molar-refractivity contribution in [3.8, 4) is 0 Å². The highest BCUT2D eigenvalue weighted by Crippen LogP contribution is 2.18. The van der Waals surface area contributed by atoms with Crippen molar-refractivity contribution in [2.24, 2.45) is 0 Å². The Bertz CT molecular complexity index is 285. The zero-order chi connectivity index (χ0) is 10.2. The summed E-state index contributed by atoms with van der Waals surface area (Å²) in [7, 11) is 0. The fraction of sp³-hybridized carbons (Fsp3) is 0.364. The predicted octanol–water partition coefficient (Wildman–Crippen LogP) is 1.70. The van der Waals surface area contributed by atoms with Crippen LogP contribution in [0.15, 0.2) is 30.3 Å². The molecule has 0 aromatic heterocycles. The second-order valence-corrected chi connectivity index (χ2v) is 3.11. The van der Waals surface area contributed by atoms with Gasteiger partial charge in [0.2, 0.25) is 0 Å². The van der Waals surface area contributed by atoms with E-state index in [2.05, 4.69) is 35.2 Å². The van der Waals surface area contributed by atoms with Gasteiger partial charge in [-0.3, -0.25) is 0 Å². The van der Waals surface area contributed by atoms with Crippen molar-refractivity contribution < 1.29 is 9.59 Å². The van der Waals surface area contributed by atoms with Crippen molar-refractivity contribution in [1.29, 1.82) is 0 Å². The van der Waals surface area contributed by atoms with Crippen molar-refractivity contribution in [1.82, 2.24) is 0 Å². The van der Waals surface area contributed by atoms with Crippen LogP contribution in [0.5, 0.6) is 0 Å². The minimum Gasteiger partial charge on any atom is -0.372 e. The van der Waals surface area contributed by atoms with Crippen LogP contribution in [-0.4, -0.2) is 19.2 Å². The molecule has 0 unspecified atom stereocenters. The minimum atomic E-state index is 0.250. The van der Waals surface area contributed by atoms with Gasteiger partial charge < -0.3 is 4.90 Å². The Hall–Kier alpha value is -1.60. The van der Waals surface area contributed by atoms with Crippen LogP contribution in [0.2, 0.25) is 0 Å². The van der Waals surface area contributed by atoms with Crippen molar-refractivity contribution in [2.45, 2.75) is 12.8 Å². The van der Waals surface area contributed by atoms with E-state index < -0.39 is 0 Å². The normalized spacial score (nSPS) is 14.1. The third-order valence-electron chi connectivity index (χ3n) is 2.23. The average Bonchev–Trinajstić information content (AvgIpc) is 2.73. The van der Waals surface area contributed by atoms with Gasteiger partial charge in [-0.25, -0.2) is 0 Å². The smallest absolute Gasteiger partial charge is 0.372 e. The second kappa shape index (κ2) is 5.95. The fourth-order valence-electron chi connectivity index (χ4n) is 1.61. The van der Waals surface area contributed by atoms with Gasteiger partial charge >= 0.3 is 6.15 Å². The van der Waals surface area contributed by atoms with Gasteiger partial charge in [0, 0.05) is 18.8 Å². The molecule has 1 aromatic rings. The molecule has 0 atom stereocenters. The summed E-state index contributed by atoms with van der Waals surface area (Å²) < 4.78 is 0. The summed E-state index contributed by atoms with van der Waals surface area (Å²) in [6, 6.07) is 10.7. The van der Waals surface area contributed by atoms with Gasteiger partial charge in [0.15, 0.2) is 0 Å². The first-order chi connectivity index (χ1) is 6.88. The summed E-state index contributed by atoms with van der Waals surface area (Å²) in [5.74, 6) is 0. The van der Waals surface area contributed by atoms with Gasteiger partial charge in [0.1, 0.15) is 0 Å². The molecule has 3 heteroatoms. The molecule has 14 heavy (non-hydrogen) atoms. The standard InChI is InChI=1S/C10H13N.CO2/c1-2-6-10(7-3-1)11-8-4-5-9-11;2-1-3/h1-3,6-7H,4-5,8-9H2;. The van der Waals surface area contributed by atoms with Crippen LogP contribution in [0.1, 0.15) is 12.8 Å². The van der Waals surface area contributed by atoms with Crippen LogP contribution >= 0.6 is 0 Å². The molecule has 3 nitrogen and oxygen atoms in total. The zero-order valence-corrected chi connectivity index (χ0v) is 7.98. The van der Waals surface area contributed by atoms with E-state index in [9.17, 15) is 0 Å². The van der Waals surface area contributed by atoms with Crippen molar-refractivity contribution in [3.05, 3.63) is 30.3 Å². The van der Waals surface area contributed by atoms with E-state index in [0.717, 1.165) is 0 Å². The number of rotatable bonds is 1. The Balaban J connectivity index is 0.000000293. The number of hydrogen-bond acceptors (Lipinski definition) is 3. The number of benzene rings is 1. The lowest BCUT2D eigenvalue weighted by atomic mass is 10.3. The van der Waals surface area contributed by atoms with E-state index in [0.29, 0.717) is 0 Å². The molecule has 74 valence electrons. The number of anilines is 1. The lowest BCUT2D eigenvalue weighted by molar-refractivity contribution is -0.191. The summed E-state index contributed by atoms with van der Waals surface area (Å²) in [6.07, 6.45) is 2.96. The van der Waals surface area contributed by atoms with Crippen LogP contribution in [0.4, 0.5) is 5.69 Å². The first kappa shape index (κ1) is 10.5. The molecule has 0 spiro atoms. The van der Waals surface area contributed by atoms with Crippen molar-refractivity contribution in [3.63, 3.8) is 0 Å². The molecule has 1 aromatic carbocycles. The third-order valence-corrected chi connectivity index (χ3v) is 2.23. The molecule has 0 N–H and O–H groups in total. The first-order valence-corrected chi connectivity index (χ1v) is 4.67. The monoisotopic (exact) mass is 191 g/mol. The summed E-state index contributed by atoms with van der Waals surface area (Å²) in [4.78, 5) is 18.7. The van der Waals surface area contributed by atoms with E-state index in [-0.39, 0.29) is 6.15 Å². The summed E-state index contributed by atoms with van der Waals surface area (Å²) in [5, 5.41) is 0. The molecule has 1 fully saturated rings. The molecule has 2 rings (SSSR count). The number of para-hydroxylation sites is 1. The second-order valence-electron chi connectivity index (χ2n) is 3.11. The molecule has 0 saturated carbocycles. The summed E-state index contributed by atoms with van der Waals surface area (Å²) in [5.41, 5.74) is 1.38. The van der Waals surface area contributed by atoms with Gasteiger partial charge in [0.05, 0.1) is 0 Å². The lowest BCUT2D eigenvalue weighted by Gasteiger charge is -2.16. The molecule has 1 saturated heterocycles. The number of carbonyl (C=O) groups excluding carboxylic acids is 2. The Labute approximate surface area is 83.3 Å². The van der Waals surface area contributed by atoms with E-state index in [1.807, 2.05) is 0 Å². The Kier molecular flexibility index (Phi) is 4.45. The molecule has 0 bridgehead atoms. The van der Waals surface area contributed by atoms with E-state index in [1.165, 1.54) is 31.6 Å². The maximum absolute atomic E-state index is 8.12. The summed E-state index contributed by atoms with van der Waals surface area (Å²) >= 11 is 0. The topological polar surface area (TPSA) is 37.4 Å². The van der Waals surface area contributed by atoms with E-state index in [4.69, 9.17) is 9.59 Å². The van der Waals surface area contributed by atoms with E-state index in [1.54, 1.807) is 0 Å². The molecule has 0 radical (unpaired) electrons. The fourth-order valence-corrected chi connectivity index (χ4v) is 1.61. The van der Waals surface area contributed by atoms with Crippen LogP contribution in [0.3, 0.4) is 0 Å². The lowest BCUT2D eigenvalue weighted by Crippen LogP contribution is -2.16. The SMILES string of the molecule is O=C=O.c1ccc(N2CCCC2)cc1. The maximum atomic E-state index is 8.12. The highest BCUT2D eigenvalue weighted by Gasteiger charge is 2.10. The number of nitrogens with zero attached hydrogens (tertiary/aromatic N) is 1. The minimum absolute atomic E-state index is 0.250. The Morgan fingerprint density at radius 3 is 2.00 bits per heavy atom. The largest absolute Gasteiger partial charge is 0.373 e. The highest BCUT2D eigenvalue weighted by molar-refractivity contribution is 5.46. The van der Waals surface area contributed by atoms with Gasteiger partial charge in [-0.05, 0) is 25.0 Å². The quantitative estimate of drug-likeness (QED) is 0.678. The van der Waals surface area contributed by atoms with Gasteiger partial charge in [-0.15, -0.1) is 0 Å². The first-order valence-electron chi connectivity index (χ1n) is 4.67.